The maximum atomic E-state index is 14.5. The monoisotopic (exact) mass is 320 g/mol. The van der Waals surface area contributed by atoms with Crippen molar-refractivity contribution in [3.05, 3.63) is 65.0 Å². The molecule has 0 radical (unpaired) electrons. The first-order chi connectivity index (χ1) is 11.7. The summed E-state index contributed by atoms with van der Waals surface area (Å²) < 4.78 is 14.5. The zero-order chi connectivity index (χ0) is 16.9. The van der Waals surface area contributed by atoms with Crippen LogP contribution in [0.1, 0.15) is 36.0 Å². The molecule has 0 unspecified atom stereocenters. The molecule has 122 valence electrons. The molecule has 1 aliphatic rings. The molecular formula is C21H21FN2. The smallest absolute Gasteiger partial charge is 0.132 e. The van der Waals surface area contributed by atoms with E-state index in [2.05, 4.69) is 11.0 Å². The predicted molar refractivity (Wildman–Crippen MR) is 97.1 cm³/mol. The molecule has 24 heavy (non-hydrogen) atoms. The van der Waals surface area contributed by atoms with Gasteiger partial charge in [0, 0.05) is 24.3 Å². The summed E-state index contributed by atoms with van der Waals surface area (Å²) in [6, 6.07) is 15.2. The molecule has 2 aromatic carbocycles. The van der Waals surface area contributed by atoms with Gasteiger partial charge in [0.05, 0.1) is 11.6 Å². The van der Waals surface area contributed by atoms with E-state index in [4.69, 9.17) is 0 Å². The second kappa shape index (κ2) is 7.31. The van der Waals surface area contributed by atoms with Crippen molar-refractivity contribution in [3.63, 3.8) is 0 Å². The minimum Gasteiger partial charge on any atom is -0.371 e. The largest absolute Gasteiger partial charge is 0.371 e. The average molecular weight is 320 g/mol. The van der Waals surface area contributed by atoms with E-state index in [0.29, 0.717) is 11.1 Å². The van der Waals surface area contributed by atoms with Crippen LogP contribution in [0.2, 0.25) is 0 Å². The molecule has 0 N–H and O–H groups in total. The first kappa shape index (κ1) is 16.3. The molecule has 3 rings (SSSR count). The summed E-state index contributed by atoms with van der Waals surface area (Å²) in [6.45, 7) is 3.97. The van der Waals surface area contributed by atoms with Crippen molar-refractivity contribution in [2.75, 3.05) is 18.0 Å². The molecule has 0 spiro atoms. The van der Waals surface area contributed by atoms with E-state index in [1.165, 1.54) is 6.42 Å². The third-order valence-electron chi connectivity index (χ3n) is 4.49. The number of nitrogens with zero attached hydrogens (tertiary/aromatic N) is 2. The fourth-order valence-electron chi connectivity index (χ4n) is 3.05. The van der Waals surface area contributed by atoms with Crippen molar-refractivity contribution in [2.24, 2.45) is 0 Å². The van der Waals surface area contributed by atoms with E-state index in [1.807, 2.05) is 37.3 Å². The standard InChI is InChI=1S/C21H21FN2/c1-16-5-7-17(8-6-16)19(15-23)13-18-9-10-20(14-21(18)22)24-11-3-2-4-12-24/h5-10,13-14H,2-4,11-12H2,1H3/b19-13-. The van der Waals surface area contributed by atoms with Crippen LogP contribution in [-0.4, -0.2) is 13.1 Å². The second-order valence-corrected chi connectivity index (χ2v) is 6.29. The lowest BCUT2D eigenvalue weighted by atomic mass is 10.0. The molecule has 1 aliphatic heterocycles. The summed E-state index contributed by atoms with van der Waals surface area (Å²) in [5.41, 5.74) is 3.79. The Morgan fingerprint density at radius 1 is 1.08 bits per heavy atom. The van der Waals surface area contributed by atoms with E-state index in [0.717, 1.165) is 42.7 Å². The van der Waals surface area contributed by atoms with Crippen LogP contribution in [0.4, 0.5) is 10.1 Å². The lowest BCUT2D eigenvalue weighted by Gasteiger charge is -2.28. The highest BCUT2D eigenvalue weighted by molar-refractivity contribution is 5.89. The average Bonchev–Trinajstić information content (AvgIpc) is 2.62. The Hall–Kier alpha value is -2.60. The van der Waals surface area contributed by atoms with E-state index in [9.17, 15) is 9.65 Å². The third-order valence-corrected chi connectivity index (χ3v) is 4.49. The third kappa shape index (κ3) is 3.65. The molecule has 2 aromatic rings. The fourth-order valence-corrected chi connectivity index (χ4v) is 3.05. The Kier molecular flexibility index (Phi) is 4.96. The van der Waals surface area contributed by atoms with Gasteiger partial charge in [-0.05, 0) is 56.0 Å². The van der Waals surface area contributed by atoms with Crippen LogP contribution in [0.15, 0.2) is 42.5 Å². The molecule has 0 amide bonds. The second-order valence-electron chi connectivity index (χ2n) is 6.29. The van der Waals surface area contributed by atoms with Crippen LogP contribution in [-0.2, 0) is 0 Å². The molecule has 0 bridgehead atoms. The number of hydrogen-bond acceptors (Lipinski definition) is 2. The predicted octanol–water partition coefficient (Wildman–Crippen LogP) is 5.19. The van der Waals surface area contributed by atoms with Gasteiger partial charge in [0.1, 0.15) is 5.82 Å². The van der Waals surface area contributed by atoms with Gasteiger partial charge in [0.25, 0.3) is 0 Å². The molecule has 3 heteroatoms. The minimum atomic E-state index is -0.280. The van der Waals surface area contributed by atoms with Gasteiger partial charge in [-0.1, -0.05) is 29.8 Å². The number of allylic oxidation sites excluding steroid dienone is 1. The first-order valence-electron chi connectivity index (χ1n) is 8.41. The maximum absolute atomic E-state index is 14.5. The number of halogens is 1. The number of nitriles is 1. The molecule has 2 nitrogen and oxygen atoms in total. The van der Waals surface area contributed by atoms with Crippen LogP contribution in [0.5, 0.6) is 0 Å². The van der Waals surface area contributed by atoms with Crippen molar-refractivity contribution in [2.45, 2.75) is 26.2 Å². The molecular weight excluding hydrogens is 299 g/mol. The van der Waals surface area contributed by atoms with Crippen LogP contribution in [0, 0.1) is 24.1 Å². The molecule has 0 atom stereocenters. The quantitative estimate of drug-likeness (QED) is 0.575. The highest BCUT2D eigenvalue weighted by Crippen LogP contribution is 2.25. The van der Waals surface area contributed by atoms with Crippen LogP contribution < -0.4 is 4.90 Å². The van der Waals surface area contributed by atoms with Gasteiger partial charge in [-0.2, -0.15) is 5.26 Å². The number of hydrogen-bond donors (Lipinski definition) is 0. The van der Waals surface area contributed by atoms with Crippen molar-refractivity contribution >= 4 is 17.3 Å². The van der Waals surface area contributed by atoms with Gasteiger partial charge in [0.15, 0.2) is 0 Å². The molecule has 1 fully saturated rings. The van der Waals surface area contributed by atoms with Crippen LogP contribution in [0.25, 0.3) is 11.6 Å². The molecule has 0 aromatic heterocycles. The molecule has 1 heterocycles. The number of rotatable bonds is 3. The number of piperidine rings is 1. The van der Waals surface area contributed by atoms with E-state index < -0.39 is 0 Å². The summed E-state index contributed by atoms with van der Waals surface area (Å²) in [4.78, 5) is 2.23. The van der Waals surface area contributed by atoms with Gasteiger partial charge in [-0.3, -0.25) is 0 Å². The molecule has 0 aliphatic carbocycles. The summed E-state index contributed by atoms with van der Waals surface area (Å²) in [5, 5.41) is 9.41. The first-order valence-corrected chi connectivity index (χ1v) is 8.41. The Morgan fingerprint density at radius 2 is 1.79 bits per heavy atom. The van der Waals surface area contributed by atoms with Gasteiger partial charge >= 0.3 is 0 Å². The molecule has 1 saturated heterocycles. The van der Waals surface area contributed by atoms with Gasteiger partial charge in [0.2, 0.25) is 0 Å². The lowest BCUT2D eigenvalue weighted by molar-refractivity contribution is 0.574. The van der Waals surface area contributed by atoms with Gasteiger partial charge in [-0.25, -0.2) is 4.39 Å². The van der Waals surface area contributed by atoms with Crippen LogP contribution in [0.3, 0.4) is 0 Å². The Labute approximate surface area is 142 Å². The highest BCUT2D eigenvalue weighted by atomic mass is 19.1. The van der Waals surface area contributed by atoms with Crippen molar-refractivity contribution in [1.82, 2.24) is 0 Å². The van der Waals surface area contributed by atoms with E-state index >= 15 is 0 Å². The summed E-state index contributed by atoms with van der Waals surface area (Å²) in [6.07, 6.45) is 5.20. The zero-order valence-electron chi connectivity index (χ0n) is 13.9. The lowest BCUT2D eigenvalue weighted by Crippen LogP contribution is -2.29. The van der Waals surface area contributed by atoms with Crippen molar-refractivity contribution in [1.29, 1.82) is 5.26 Å². The minimum absolute atomic E-state index is 0.280. The SMILES string of the molecule is Cc1ccc(/C(C#N)=C\c2ccc(N3CCCCC3)cc2F)cc1. The highest BCUT2D eigenvalue weighted by Gasteiger charge is 2.13. The fraction of sp³-hybridized carbons (Fsp3) is 0.286. The summed E-state index contributed by atoms with van der Waals surface area (Å²) in [5.74, 6) is -0.280. The Bertz CT molecular complexity index is 778. The molecule has 0 saturated carbocycles. The summed E-state index contributed by atoms with van der Waals surface area (Å²) in [7, 11) is 0. The topological polar surface area (TPSA) is 27.0 Å². The number of anilines is 1. The normalized spacial score (nSPS) is 15.2. The maximum Gasteiger partial charge on any atom is 0.132 e. The Morgan fingerprint density at radius 3 is 2.42 bits per heavy atom. The number of aryl methyl sites for hydroxylation is 1. The van der Waals surface area contributed by atoms with Gasteiger partial charge in [-0.15, -0.1) is 0 Å². The number of benzene rings is 2. The van der Waals surface area contributed by atoms with Crippen molar-refractivity contribution < 1.29 is 4.39 Å². The summed E-state index contributed by atoms with van der Waals surface area (Å²) >= 11 is 0. The Balaban J connectivity index is 1.88. The van der Waals surface area contributed by atoms with Crippen molar-refractivity contribution in [3.8, 4) is 6.07 Å². The van der Waals surface area contributed by atoms with Gasteiger partial charge < -0.3 is 4.90 Å². The zero-order valence-corrected chi connectivity index (χ0v) is 13.9. The van der Waals surface area contributed by atoms with E-state index in [-0.39, 0.29) is 5.82 Å². The van der Waals surface area contributed by atoms with Crippen LogP contribution >= 0.6 is 0 Å². The van der Waals surface area contributed by atoms with E-state index in [1.54, 1.807) is 18.2 Å².